The van der Waals surface area contributed by atoms with Crippen LogP contribution < -0.4 is 10.6 Å². The van der Waals surface area contributed by atoms with Gasteiger partial charge < -0.3 is 20.1 Å². The zero-order valence-corrected chi connectivity index (χ0v) is 17.6. The smallest absolute Gasteiger partial charge is 0.408 e. The summed E-state index contributed by atoms with van der Waals surface area (Å²) in [6, 6.07) is 8.24. The lowest BCUT2D eigenvalue weighted by Gasteiger charge is -2.24. The Labute approximate surface area is 167 Å². The summed E-state index contributed by atoms with van der Waals surface area (Å²) in [7, 11) is 0. The minimum Gasteiger partial charge on any atom is -0.459 e. The Kier molecular flexibility index (Phi) is 8.47. The number of nitrogens with one attached hydrogen (secondary N) is 2. The molecule has 1 aromatic rings. The zero-order chi connectivity index (χ0) is 21.4. The molecule has 0 saturated heterocycles. The van der Waals surface area contributed by atoms with Crippen LogP contribution in [0.5, 0.6) is 0 Å². The number of carbonyl (C=O) groups is 3. The Morgan fingerprint density at radius 2 is 1.61 bits per heavy atom. The van der Waals surface area contributed by atoms with E-state index >= 15 is 0 Å². The van der Waals surface area contributed by atoms with Crippen LogP contribution in [0, 0.1) is 0 Å². The highest BCUT2D eigenvalue weighted by Crippen LogP contribution is 2.10. The second-order valence-electron chi connectivity index (χ2n) is 8.63. The normalized spacial score (nSPS) is 12.6. The topological polar surface area (TPSA) is 93.7 Å². The van der Waals surface area contributed by atoms with Crippen LogP contribution in [0.1, 0.15) is 59.9 Å². The molecule has 2 N–H and O–H groups in total. The SMILES string of the molecule is CC(C)(C)NC(=O)CC[C@H](NC(=O)OC(C)(C)C)C(=O)OCc1ccccc1. The molecule has 0 bridgehead atoms. The molecule has 0 spiro atoms. The van der Waals surface area contributed by atoms with Crippen molar-refractivity contribution in [1.82, 2.24) is 10.6 Å². The lowest BCUT2D eigenvalue weighted by molar-refractivity contribution is -0.147. The summed E-state index contributed by atoms with van der Waals surface area (Å²) < 4.78 is 10.5. The Hall–Kier alpha value is -2.57. The number of hydrogen-bond acceptors (Lipinski definition) is 5. The van der Waals surface area contributed by atoms with Crippen LogP contribution in [-0.2, 0) is 25.7 Å². The fourth-order valence-corrected chi connectivity index (χ4v) is 2.28. The predicted molar refractivity (Wildman–Crippen MR) is 107 cm³/mol. The summed E-state index contributed by atoms with van der Waals surface area (Å²) >= 11 is 0. The van der Waals surface area contributed by atoms with E-state index in [0.29, 0.717) is 0 Å². The van der Waals surface area contributed by atoms with Gasteiger partial charge in [-0.3, -0.25) is 4.79 Å². The fraction of sp³-hybridized carbons (Fsp3) is 0.571. The maximum Gasteiger partial charge on any atom is 0.408 e. The van der Waals surface area contributed by atoms with Crippen LogP contribution in [0.4, 0.5) is 4.79 Å². The first-order valence-electron chi connectivity index (χ1n) is 9.37. The molecule has 0 aliphatic heterocycles. The van der Waals surface area contributed by atoms with Gasteiger partial charge in [0, 0.05) is 12.0 Å². The van der Waals surface area contributed by atoms with Crippen molar-refractivity contribution in [2.24, 2.45) is 0 Å². The van der Waals surface area contributed by atoms with Crippen LogP contribution in [0.2, 0.25) is 0 Å². The highest BCUT2D eigenvalue weighted by atomic mass is 16.6. The van der Waals surface area contributed by atoms with E-state index in [1.165, 1.54) is 0 Å². The second-order valence-corrected chi connectivity index (χ2v) is 8.63. The number of hydrogen-bond donors (Lipinski definition) is 2. The van der Waals surface area contributed by atoms with Gasteiger partial charge in [0.15, 0.2) is 0 Å². The number of ether oxygens (including phenoxy) is 2. The maximum absolute atomic E-state index is 12.5. The molecule has 0 fully saturated rings. The third-order valence-corrected chi connectivity index (χ3v) is 3.37. The molecule has 0 unspecified atom stereocenters. The Balaban J connectivity index is 2.71. The predicted octanol–water partition coefficient (Wildman–Crippen LogP) is 3.32. The minimum absolute atomic E-state index is 0.0676. The van der Waals surface area contributed by atoms with Gasteiger partial charge in [0.2, 0.25) is 5.91 Å². The summed E-state index contributed by atoms with van der Waals surface area (Å²) in [5.74, 6) is -0.822. The number of carbonyl (C=O) groups excluding carboxylic acids is 3. The maximum atomic E-state index is 12.5. The third-order valence-electron chi connectivity index (χ3n) is 3.37. The minimum atomic E-state index is -0.982. The summed E-state index contributed by atoms with van der Waals surface area (Å²) in [6.07, 6.45) is -0.558. The molecule has 7 heteroatoms. The van der Waals surface area contributed by atoms with Crippen LogP contribution in [0.3, 0.4) is 0 Å². The second kappa shape index (κ2) is 10.1. The third kappa shape index (κ3) is 10.5. The quantitative estimate of drug-likeness (QED) is 0.694. The Morgan fingerprint density at radius 3 is 2.14 bits per heavy atom. The lowest BCUT2D eigenvalue weighted by Crippen LogP contribution is -2.46. The van der Waals surface area contributed by atoms with Gasteiger partial charge in [0.25, 0.3) is 0 Å². The first-order chi connectivity index (χ1) is 12.9. The van der Waals surface area contributed by atoms with E-state index in [1.54, 1.807) is 20.8 Å². The molecule has 7 nitrogen and oxygen atoms in total. The monoisotopic (exact) mass is 392 g/mol. The molecule has 0 heterocycles. The van der Waals surface area contributed by atoms with Crippen molar-refractivity contribution in [3.05, 3.63) is 35.9 Å². The van der Waals surface area contributed by atoms with Gasteiger partial charge in [0.05, 0.1) is 0 Å². The average Bonchev–Trinajstić information content (AvgIpc) is 2.54. The van der Waals surface area contributed by atoms with Crippen LogP contribution >= 0.6 is 0 Å². The summed E-state index contributed by atoms with van der Waals surface area (Å²) in [4.78, 5) is 36.6. The average molecular weight is 392 g/mol. The zero-order valence-electron chi connectivity index (χ0n) is 17.6. The first kappa shape index (κ1) is 23.5. The highest BCUT2D eigenvalue weighted by Gasteiger charge is 2.27. The molecule has 0 aromatic heterocycles. The van der Waals surface area contributed by atoms with Gasteiger partial charge in [-0.1, -0.05) is 30.3 Å². The molecule has 0 aliphatic carbocycles. The van der Waals surface area contributed by atoms with E-state index in [9.17, 15) is 14.4 Å². The molecular weight excluding hydrogens is 360 g/mol. The number of esters is 1. The molecule has 1 aromatic carbocycles. The van der Waals surface area contributed by atoms with Gasteiger partial charge in [0.1, 0.15) is 18.2 Å². The Morgan fingerprint density at radius 1 is 1.00 bits per heavy atom. The standard InChI is InChI=1S/C21H32N2O5/c1-20(2,3)23-17(24)13-12-16(22-19(26)28-21(4,5)6)18(25)27-14-15-10-8-7-9-11-15/h7-11,16H,12-14H2,1-6H3,(H,22,26)(H,23,24)/t16-/m0/s1. The molecule has 156 valence electrons. The number of benzene rings is 1. The first-order valence-corrected chi connectivity index (χ1v) is 9.37. The van der Waals surface area contributed by atoms with Gasteiger partial charge in [-0.25, -0.2) is 9.59 Å². The lowest BCUT2D eigenvalue weighted by atomic mass is 10.1. The molecule has 1 rings (SSSR count). The largest absolute Gasteiger partial charge is 0.459 e. The van der Waals surface area contributed by atoms with Gasteiger partial charge in [-0.2, -0.15) is 0 Å². The van der Waals surface area contributed by atoms with Crippen molar-refractivity contribution in [3.8, 4) is 0 Å². The van der Waals surface area contributed by atoms with Crippen LogP contribution in [0.25, 0.3) is 0 Å². The van der Waals surface area contributed by atoms with E-state index in [4.69, 9.17) is 9.47 Å². The fourth-order valence-electron chi connectivity index (χ4n) is 2.28. The molecule has 0 aliphatic rings. The van der Waals surface area contributed by atoms with Crippen LogP contribution in [0.15, 0.2) is 30.3 Å². The van der Waals surface area contributed by atoms with E-state index in [1.807, 2.05) is 51.1 Å². The van der Waals surface area contributed by atoms with Crippen molar-refractivity contribution in [2.75, 3.05) is 0 Å². The van der Waals surface area contributed by atoms with Crippen molar-refractivity contribution in [2.45, 2.75) is 78.2 Å². The van der Waals surface area contributed by atoms with Gasteiger partial charge in [-0.05, 0) is 53.5 Å². The van der Waals surface area contributed by atoms with Crippen molar-refractivity contribution in [3.63, 3.8) is 0 Å². The van der Waals surface area contributed by atoms with Crippen molar-refractivity contribution >= 4 is 18.0 Å². The highest BCUT2D eigenvalue weighted by molar-refractivity contribution is 5.83. The molecule has 2 amide bonds. The van der Waals surface area contributed by atoms with E-state index < -0.39 is 23.7 Å². The summed E-state index contributed by atoms with van der Waals surface area (Å²) in [5, 5.41) is 5.34. The Bertz CT molecular complexity index is 660. The molecule has 0 saturated carbocycles. The van der Waals surface area contributed by atoms with Gasteiger partial charge in [-0.15, -0.1) is 0 Å². The van der Waals surface area contributed by atoms with E-state index in [-0.39, 0.29) is 30.9 Å². The van der Waals surface area contributed by atoms with E-state index in [2.05, 4.69) is 10.6 Å². The van der Waals surface area contributed by atoms with Crippen molar-refractivity contribution < 1.29 is 23.9 Å². The molecule has 0 radical (unpaired) electrons. The molecule has 28 heavy (non-hydrogen) atoms. The summed E-state index contributed by atoms with van der Waals surface area (Å²) in [5.41, 5.74) is -0.247. The number of alkyl carbamates (subject to hydrolysis) is 1. The van der Waals surface area contributed by atoms with Gasteiger partial charge >= 0.3 is 12.1 Å². The molecular formula is C21H32N2O5. The van der Waals surface area contributed by atoms with E-state index in [0.717, 1.165) is 5.56 Å². The van der Waals surface area contributed by atoms with Crippen molar-refractivity contribution in [1.29, 1.82) is 0 Å². The summed E-state index contributed by atoms with van der Waals surface area (Å²) in [6.45, 7) is 10.9. The van der Waals surface area contributed by atoms with Crippen LogP contribution in [-0.4, -0.2) is 35.2 Å². The number of rotatable bonds is 7. The molecule has 1 atom stereocenters. The number of amides is 2.